The number of aromatic hydroxyl groups is 2. The van der Waals surface area contributed by atoms with Crippen molar-refractivity contribution in [1.29, 1.82) is 0 Å². The summed E-state index contributed by atoms with van der Waals surface area (Å²) in [5, 5.41) is 32.8. The molecule has 10 heteroatoms. The average molecular weight is 539 g/mol. The molecule has 4 bridgehead atoms. The molecule has 0 aromatic heterocycles. The van der Waals surface area contributed by atoms with E-state index in [-0.39, 0.29) is 23.3 Å². The summed E-state index contributed by atoms with van der Waals surface area (Å²) in [6, 6.07) is 4.51. The van der Waals surface area contributed by atoms with E-state index in [1.807, 2.05) is 12.1 Å². The minimum Gasteiger partial charge on any atom is -0.508 e. The topological polar surface area (TPSA) is 135 Å². The molecule has 0 radical (unpaired) electrons. The van der Waals surface area contributed by atoms with Gasteiger partial charge in [-0.1, -0.05) is 12.1 Å². The van der Waals surface area contributed by atoms with E-state index in [0.29, 0.717) is 27.5 Å². The van der Waals surface area contributed by atoms with Crippen molar-refractivity contribution < 1.29 is 34.3 Å². The van der Waals surface area contributed by atoms with Gasteiger partial charge in [0.25, 0.3) is 0 Å². The van der Waals surface area contributed by atoms with Gasteiger partial charge in [0, 0.05) is 41.0 Å². The number of phenols is 2. The van der Waals surface area contributed by atoms with E-state index in [0.717, 1.165) is 36.7 Å². The minimum absolute atomic E-state index is 0.00332. The number of rotatable bonds is 6. The second kappa shape index (κ2) is 7.59. The summed E-state index contributed by atoms with van der Waals surface area (Å²) in [6.45, 7) is 0.846. The Kier molecular flexibility index (Phi) is 4.82. The number of carboxylic acid groups (broad SMARTS) is 1. The van der Waals surface area contributed by atoms with Crippen molar-refractivity contribution in [2.45, 2.75) is 52.4 Å². The van der Waals surface area contributed by atoms with Gasteiger partial charge in [-0.2, -0.15) is 0 Å². The fraction of sp³-hybridized carbons (Fsp3) is 0.464. The van der Waals surface area contributed by atoms with Crippen LogP contribution >= 0.6 is 11.8 Å². The molecule has 9 nitrogen and oxygen atoms in total. The van der Waals surface area contributed by atoms with E-state index >= 15 is 0 Å². The Hall–Kier alpha value is -2.92. The van der Waals surface area contributed by atoms with Crippen LogP contribution in [0.2, 0.25) is 0 Å². The van der Waals surface area contributed by atoms with E-state index in [9.17, 15) is 20.1 Å². The number of carboxylic acids is 1. The molecule has 38 heavy (non-hydrogen) atoms. The predicted molar refractivity (Wildman–Crippen MR) is 139 cm³/mol. The van der Waals surface area contributed by atoms with Crippen LogP contribution in [0.1, 0.15) is 28.7 Å². The molecule has 0 amide bonds. The van der Waals surface area contributed by atoms with Crippen LogP contribution in [0.15, 0.2) is 35.2 Å². The van der Waals surface area contributed by atoms with E-state index in [2.05, 4.69) is 24.1 Å². The van der Waals surface area contributed by atoms with Crippen molar-refractivity contribution in [3.05, 3.63) is 52.6 Å². The molecule has 200 valence electrons. The van der Waals surface area contributed by atoms with Crippen LogP contribution < -0.4 is 15.2 Å². The smallest absolute Gasteiger partial charge is 0.321 e. The predicted octanol–water partition coefficient (Wildman–Crippen LogP) is 2.23. The van der Waals surface area contributed by atoms with Crippen LogP contribution in [0.25, 0.3) is 0 Å². The molecule has 2 aromatic carbocycles. The molecule has 2 aliphatic heterocycles. The monoisotopic (exact) mass is 538 g/mol. The van der Waals surface area contributed by atoms with E-state index < -0.39 is 34.5 Å². The van der Waals surface area contributed by atoms with Crippen LogP contribution in [-0.4, -0.2) is 77.9 Å². The Morgan fingerprint density at radius 1 is 1.26 bits per heavy atom. The van der Waals surface area contributed by atoms with E-state index in [4.69, 9.17) is 19.9 Å². The number of carbonyl (C=O) groups is 1. The summed E-state index contributed by atoms with van der Waals surface area (Å²) < 4.78 is 18.9. The second-order valence-electron chi connectivity index (χ2n) is 11.0. The van der Waals surface area contributed by atoms with Gasteiger partial charge in [-0.05, 0) is 50.2 Å². The fourth-order valence-corrected chi connectivity index (χ4v) is 9.21. The molecule has 8 rings (SSSR count). The van der Waals surface area contributed by atoms with Gasteiger partial charge in [-0.25, -0.2) is 0 Å². The highest BCUT2D eigenvalue weighted by Gasteiger charge is 2.79. The van der Waals surface area contributed by atoms with Crippen molar-refractivity contribution in [3.8, 4) is 23.0 Å². The Labute approximate surface area is 224 Å². The number of piperidine rings is 1. The first-order valence-corrected chi connectivity index (χ1v) is 13.7. The SMILES string of the molecule is COc1ccc2c3c1O[C@@H]1[C@]34CCN(C)[C@H](C2)[C@]42C=C[C@@]1(OC)c1c(O)c(SC[C@@H](N)C(=O)O)cc(O)c12. The van der Waals surface area contributed by atoms with Gasteiger partial charge in [0.05, 0.1) is 17.4 Å². The zero-order chi connectivity index (χ0) is 26.8. The van der Waals surface area contributed by atoms with Crippen molar-refractivity contribution in [1.82, 2.24) is 4.90 Å². The lowest BCUT2D eigenvalue weighted by molar-refractivity contribution is -0.146. The maximum absolute atomic E-state index is 11.8. The molecule has 2 heterocycles. The summed E-state index contributed by atoms with van der Waals surface area (Å²) in [4.78, 5) is 14.0. The zero-order valence-corrected chi connectivity index (χ0v) is 22.2. The first kappa shape index (κ1) is 24.1. The van der Waals surface area contributed by atoms with Crippen LogP contribution in [0.5, 0.6) is 23.0 Å². The summed E-state index contributed by atoms with van der Waals surface area (Å²) >= 11 is 1.10. The molecular formula is C28H30N2O7S. The van der Waals surface area contributed by atoms with E-state index in [1.54, 1.807) is 20.3 Å². The second-order valence-corrected chi connectivity index (χ2v) is 12.1. The number of likely N-dealkylation sites (N-methyl/N-ethyl adjacent to an activating group) is 1. The number of likely N-dealkylation sites (tertiary alicyclic amines) is 1. The highest BCUT2D eigenvalue weighted by atomic mass is 32.2. The lowest BCUT2D eigenvalue weighted by Gasteiger charge is -2.69. The highest BCUT2D eigenvalue weighted by Crippen LogP contribution is 2.76. The van der Waals surface area contributed by atoms with Gasteiger partial charge in [0.1, 0.15) is 23.6 Å². The van der Waals surface area contributed by atoms with E-state index in [1.165, 1.54) is 5.56 Å². The fourth-order valence-electron chi connectivity index (χ4n) is 8.27. The third-order valence-electron chi connectivity index (χ3n) is 9.73. The summed E-state index contributed by atoms with van der Waals surface area (Å²) in [6.07, 6.45) is 5.18. The first-order valence-electron chi connectivity index (χ1n) is 12.7. The Morgan fingerprint density at radius 2 is 2.05 bits per heavy atom. The van der Waals surface area contributed by atoms with Gasteiger partial charge < -0.3 is 40.2 Å². The quantitative estimate of drug-likeness (QED) is 0.246. The number of ether oxygens (including phenoxy) is 3. The molecule has 2 spiro atoms. The molecule has 0 unspecified atom stereocenters. The normalized spacial score (nSPS) is 33.9. The summed E-state index contributed by atoms with van der Waals surface area (Å²) in [7, 11) is 5.34. The lowest BCUT2D eigenvalue weighted by Crippen LogP contribution is -2.77. The standard InChI is InChI=1S/C28H30N2O7S/c1-30-9-8-27-19-13-4-5-16(35-2)23(19)37-25(27)28(36-3)7-6-26(27,18(30)10-13)20-15(31)11-17(22(32)21(20)28)38-12-14(29)24(33)34/h4-7,11,14,18,25,31-32H,8-10,12,29H2,1-3H3,(H,33,34)/t14-,18-,25-,26+,27+,28-/m1/s1. The van der Waals surface area contributed by atoms with Crippen LogP contribution in [0.3, 0.4) is 0 Å². The van der Waals surface area contributed by atoms with Crippen molar-refractivity contribution in [3.63, 3.8) is 0 Å². The number of hydrogen-bond donors (Lipinski definition) is 4. The molecule has 4 aliphatic carbocycles. The largest absolute Gasteiger partial charge is 0.508 e. The molecule has 2 aromatic rings. The molecular weight excluding hydrogens is 508 g/mol. The first-order chi connectivity index (χ1) is 18.2. The van der Waals surface area contributed by atoms with Crippen LogP contribution in [-0.2, 0) is 32.4 Å². The lowest BCUT2D eigenvalue weighted by atomic mass is 9.37. The van der Waals surface area contributed by atoms with Crippen molar-refractivity contribution in [2.75, 3.05) is 33.6 Å². The Balaban J connectivity index is 1.54. The number of hydrogen-bond acceptors (Lipinski definition) is 9. The third-order valence-corrected chi connectivity index (χ3v) is 10.9. The molecule has 5 N–H and O–H groups in total. The maximum atomic E-state index is 11.8. The zero-order valence-electron chi connectivity index (χ0n) is 21.4. The summed E-state index contributed by atoms with van der Waals surface area (Å²) in [5.74, 6) is 0.272. The number of aliphatic carboxylic acids is 1. The van der Waals surface area contributed by atoms with Crippen LogP contribution in [0, 0.1) is 0 Å². The maximum Gasteiger partial charge on any atom is 0.321 e. The van der Waals surface area contributed by atoms with Gasteiger partial charge in [-0.15, -0.1) is 11.8 Å². The minimum atomic E-state index is -1.19. The molecule has 1 saturated heterocycles. The third kappa shape index (κ3) is 2.44. The molecule has 0 saturated carbocycles. The number of benzene rings is 2. The average Bonchev–Trinajstić information content (AvgIpc) is 3.28. The van der Waals surface area contributed by atoms with Gasteiger partial charge in [-0.3, -0.25) is 4.79 Å². The molecule has 1 fully saturated rings. The number of methoxy groups -OCH3 is 2. The van der Waals surface area contributed by atoms with Gasteiger partial charge >= 0.3 is 5.97 Å². The number of thioether (sulfide) groups is 1. The van der Waals surface area contributed by atoms with Crippen molar-refractivity contribution in [2.24, 2.45) is 5.73 Å². The number of nitrogens with two attached hydrogens (primary N) is 1. The van der Waals surface area contributed by atoms with Gasteiger partial charge in [0.15, 0.2) is 17.1 Å². The summed E-state index contributed by atoms with van der Waals surface area (Å²) in [5.41, 5.74) is 6.78. The molecule has 6 atom stereocenters. The Morgan fingerprint density at radius 3 is 2.76 bits per heavy atom. The number of phenolic OH excluding ortho intramolecular Hbond substituents is 2. The van der Waals surface area contributed by atoms with Gasteiger partial charge in [0.2, 0.25) is 0 Å². The molecule has 6 aliphatic rings. The number of nitrogens with zero attached hydrogens (tertiary/aromatic N) is 1. The highest BCUT2D eigenvalue weighted by molar-refractivity contribution is 7.99. The van der Waals surface area contributed by atoms with Crippen LogP contribution in [0.4, 0.5) is 0 Å². The Bertz CT molecular complexity index is 1450. The van der Waals surface area contributed by atoms with Crippen molar-refractivity contribution >= 4 is 17.7 Å².